The van der Waals surface area contributed by atoms with Crippen molar-refractivity contribution in [3.63, 3.8) is 0 Å². The molecule has 3 aromatic rings. The molecule has 1 aliphatic rings. The van der Waals surface area contributed by atoms with Crippen molar-refractivity contribution in [2.75, 3.05) is 43.6 Å². The zero-order valence-corrected chi connectivity index (χ0v) is 23.5. The Hall–Kier alpha value is -3.62. The number of ether oxygens (including phenoxy) is 1. The largest absolute Gasteiger partial charge is 0.450 e. The van der Waals surface area contributed by atoms with Crippen molar-refractivity contribution in [3.05, 3.63) is 82.6 Å². The van der Waals surface area contributed by atoms with E-state index >= 15 is 0 Å². The molecule has 4 rings (SSSR count). The Morgan fingerprint density at radius 3 is 2.68 bits per heavy atom. The number of allylic oxidation sites excluding steroid dienone is 9. The quantitative estimate of drug-likeness (QED) is 0.258. The third kappa shape index (κ3) is 6.82. The Bertz CT molecular complexity index is 1340. The fraction of sp³-hybridized carbons (Fsp3) is 0.333. The molecule has 0 radical (unpaired) electrons. The lowest BCUT2D eigenvalue weighted by atomic mass is 10.1. The van der Waals surface area contributed by atoms with E-state index in [-0.39, 0.29) is 0 Å². The molecule has 7 nitrogen and oxygen atoms in total. The number of morpholine rings is 1. The summed E-state index contributed by atoms with van der Waals surface area (Å²) in [5.74, 6) is 2.86. The lowest BCUT2D eigenvalue weighted by Gasteiger charge is -2.27. The van der Waals surface area contributed by atoms with Crippen LogP contribution in [0.5, 0.6) is 0 Å². The maximum Gasteiger partial charge on any atom is 0.231 e. The highest BCUT2D eigenvalue weighted by molar-refractivity contribution is 7.11. The standard InChI is InChI=1S/C30H37N5O2S/c1-5-8-9-13-22(11-6-2)25-21-24-28(37-25)29(35-15-17-36-18-16-35)34-30(32-24)33-27(31-4)20-23(12-7-3)26-14-10-19-38-26/h6,8-14,19-21,31H,5,7,15-18H2,1-4H3,(H,32,33,34)/b9-8+,11-6-,22-13+,23-12+,27-20+. The van der Waals surface area contributed by atoms with Crippen molar-refractivity contribution < 1.29 is 9.15 Å². The average Bonchev–Trinajstić information content (AvgIpc) is 3.63. The molecule has 2 N–H and O–H groups in total. The van der Waals surface area contributed by atoms with Crippen LogP contribution in [-0.2, 0) is 4.74 Å². The highest BCUT2D eigenvalue weighted by atomic mass is 32.1. The van der Waals surface area contributed by atoms with E-state index in [9.17, 15) is 0 Å². The van der Waals surface area contributed by atoms with E-state index < -0.39 is 0 Å². The summed E-state index contributed by atoms with van der Waals surface area (Å²) in [6.45, 7) is 9.06. The van der Waals surface area contributed by atoms with Gasteiger partial charge in [0.05, 0.1) is 13.2 Å². The molecule has 8 heteroatoms. The summed E-state index contributed by atoms with van der Waals surface area (Å²) in [5.41, 5.74) is 3.58. The van der Waals surface area contributed by atoms with Crippen LogP contribution in [0.1, 0.15) is 44.3 Å². The first-order valence-corrected chi connectivity index (χ1v) is 14.1. The summed E-state index contributed by atoms with van der Waals surface area (Å²) in [5, 5.41) is 8.77. The monoisotopic (exact) mass is 531 g/mol. The molecule has 3 aromatic heterocycles. The second kappa shape index (κ2) is 13.8. The Kier molecular flexibility index (Phi) is 9.95. The fourth-order valence-electron chi connectivity index (χ4n) is 4.15. The lowest BCUT2D eigenvalue weighted by Crippen LogP contribution is -2.37. The lowest BCUT2D eigenvalue weighted by molar-refractivity contribution is 0.122. The number of fused-ring (bicyclic) bond motifs is 1. The molecule has 1 aliphatic heterocycles. The topological polar surface area (TPSA) is 75.5 Å². The minimum atomic E-state index is 0.511. The molecule has 0 spiro atoms. The van der Waals surface area contributed by atoms with E-state index in [0.717, 1.165) is 60.0 Å². The van der Waals surface area contributed by atoms with Gasteiger partial charge in [-0.3, -0.25) is 0 Å². The summed E-state index contributed by atoms with van der Waals surface area (Å²) < 4.78 is 12.0. The summed E-state index contributed by atoms with van der Waals surface area (Å²) in [6.07, 6.45) is 16.5. The van der Waals surface area contributed by atoms with Crippen molar-refractivity contribution >= 4 is 45.3 Å². The number of thiophene rings is 1. The molecule has 38 heavy (non-hydrogen) atoms. The molecule has 0 bridgehead atoms. The van der Waals surface area contributed by atoms with Crippen LogP contribution in [0.15, 0.2) is 76.3 Å². The molecule has 0 saturated carbocycles. The predicted molar refractivity (Wildman–Crippen MR) is 160 cm³/mol. The highest BCUT2D eigenvalue weighted by Crippen LogP contribution is 2.32. The first-order chi connectivity index (χ1) is 18.7. The van der Waals surface area contributed by atoms with Gasteiger partial charge in [0.15, 0.2) is 11.4 Å². The zero-order valence-electron chi connectivity index (χ0n) is 22.7. The van der Waals surface area contributed by atoms with Gasteiger partial charge < -0.3 is 24.7 Å². The van der Waals surface area contributed by atoms with Crippen LogP contribution >= 0.6 is 11.3 Å². The number of hydrogen-bond acceptors (Lipinski definition) is 8. The van der Waals surface area contributed by atoms with E-state index in [1.165, 1.54) is 4.88 Å². The van der Waals surface area contributed by atoms with Crippen molar-refractivity contribution in [2.45, 2.75) is 33.6 Å². The minimum Gasteiger partial charge on any atom is -0.450 e. The van der Waals surface area contributed by atoms with E-state index in [1.54, 1.807) is 11.3 Å². The van der Waals surface area contributed by atoms with Gasteiger partial charge in [0.25, 0.3) is 0 Å². The van der Waals surface area contributed by atoms with Gasteiger partial charge in [0, 0.05) is 36.7 Å². The second-order valence-corrected chi connectivity index (χ2v) is 9.68. The number of furan rings is 1. The van der Waals surface area contributed by atoms with Crippen molar-refractivity contribution in [2.24, 2.45) is 0 Å². The van der Waals surface area contributed by atoms with E-state index in [4.69, 9.17) is 19.1 Å². The Morgan fingerprint density at radius 1 is 1.16 bits per heavy atom. The van der Waals surface area contributed by atoms with Gasteiger partial charge in [-0.1, -0.05) is 56.4 Å². The predicted octanol–water partition coefficient (Wildman–Crippen LogP) is 7.01. The molecule has 0 atom stereocenters. The van der Waals surface area contributed by atoms with Gasteiger partial charge in [-0.2, -0.15) is 4.98 Å². The van der Waals surface area contributed by atoms with Gasteiger partial charge in [0.1, 0.15) is 17.1 Å². The molecule has 0 amide bonds. The third-order valence-corrected chi connectivity index (χ3v) is 6.91. The molecule has 4 heterocycles. The zero-order chi connectivity index (χ0) is 26.7. The van der Waals surface area contributed by atoms with Gasteiger partial charge in [-0.25, -0.2) is 4.98 Å². The summed E-state index contributed by atoms with van der Waals surface area (Å²) >= 11 is 1.72. The Morgan fingerprint density at radius 2 is 2.00 bits per heavy atom. The summed E-state index contributed by atoms with van der Waals surface area (Å²) in [4.78, 5) is 13.2. The molecular formula is C30H37N5O2S. The second-order valence-electron chi connectivity index (χ2n) is 8.73. The van der Waals surface area contributed by atoms with E-state index in [1.807, 2.05) is 32.2 Å². The van der Waals surface area contributed by atoms with E-state index in [0.29, 0.717) is 24.7 Å². The number of nitrogens with one attached hydrogen (secondary N) is 2. The third-order valence-electron chi connectivity index (χ3n) is 5.99. The van der Waals surface area contributed by atoms with Crippen LogP contribution in [0, 0.1) is 0 Å². The normalized spacial score (nSPS) is 15.8. The fourth-order valence-corrected chi connectivity index (χ4v) is 4.89. The number of rotatable bonds is 11. The molecule has 0 unspecified atom stereocenters. The molecule has 1 saturated heterocycles. The number of anilines is 2. The summed E-state index contributed by atoms with van der Waals surface area (Å²) in [7, 11) is 1.90. The van der Waals surface area contributed by atoms with Crippen molar-refractivity contribution in [3.8, 4) is 0 Å². The molecule has 1 fully saturated rings. The van der Waals surface area contributed by atoms with Crippen molar-refractivity contribution in [1.82, 2.24) is 15.3 Å². The van der Waals surface area contributed by atoms with Gasteiger partial charge >= 0.3 is 0 Å². The van der Waals surface area contributed by atoms with Crippen molar-refractivity contribution in [1.29, 1.82) is 0 Å². The van der Waals surface area contributed by atoms with Crippen LogP contribution in [0.3, 0.4) is 0 Å². The molecule has 200 valence electrons. The molecule has 0 aromatic carbocycles. The van der Waals surface area contributed by atoms with Crippen LogP contribution in [0.4, 0.5) is 11.8 Å². The first kappa shape index (κ1) is 27.4. The maximum absolute atomic E-state index is 6.40. The van der Waals surface area contributed by atoms with Crippen LogP contribution in [-0.4, -0.2) is 43.3 Å². The van der Waals surface area contributed by atoms with Gasteiger partial charge in [-0.05, 0) is 42.9 Å². The Labute approximate surface area is 229 Å². The molecular weight excluding hydrogens is 494 g/mol. The summed E-state index contributed by atoms with van der Waals surface area (Å²) in [6, 6.07) is 6.20. The van der Waals surface area contributed by atoms with Crippen LogP contribution in [0.25, 0.3) is 22.2 Å². The van der Waals surface area contributed by atoms with Gasteiger partial charge in [-0.15, -0.1) is 11.3 Å². The first-order valence-electron chi connectivity index (χ1n) is 13.2. The number of aromatic nitrogens is 2. The average molecular weight is 532 g/mol. The maximum atomic E-state index is 6.40. The number of hydrogen-bond donors (Lipinski definition) is 2. The number of nitrogens with zero attached hydrogens (tertiary/aromatic N) is 3. The van der Waals surface area contributed by atoms with Gasteiger partial charge in [0.2, 0.25) is 5.95 Å². The highest BCUT2D eigenvalue weighted by Gasteiger charge is 2.22. The van der Waals surface area contributed by atoms with E-state index in [2.05, 4.69) is 77.3 Å². The smallest absolute Gasteiger partial charge is 0.231 e. The molecule has 0 aliphatic carbocycles. The minimum absolute atomic E-state index is 0.511. The van der Waals surface area contributed by atoms with Crippen LogP contribution in [0.2, 0.25) is 0 Å². The Balaban J connectivity index is 1.76. The van der Waals surface area contributed by atoms with Crippen LogP contribution < -0.4 is 15.5 Å². The SMILES string of the molecule is C\C=C/C(=C\C=C\CC)c1cc2nc(N/C(=C/C(=C\CC)c3cccs3)NC)nc(N3CCOCC3)c2o1.